The molecule has 2 aromatic rings. The topological polar surface area (TPSA) is 524 Å². The van der Waals surface area contributed by atoms with Crippen LogP contribution >= 0.6 is 11.3 Å². The van der Waals surface area contributed by atoms with Gasteiger partial charge in [0.2, 0.25) is 53.2 Å². The number of rotatable bonds is 30. The normalized spacial score (nSPS) is 22.4. The Labute approximate surface area is 536 Å². The number of β-amino-alcohol motifs (C(OH)–C–C–N with tert-alkyl or cyclic N) is 1. The number of hydrogen-bond donors (Lipinski definition) is 15. The number of benzene rings is 1. The lowest BCUT2D eigenvalue weighted by atomic mass is 9.84. The van der Waals surface area contributed by atoms with E-state index < -0.39 is 139 Å². The Bertz CT molecular complexity index is 3050. The zero-order valence-corrected chi connectivity index (χ0v) is 52.3. The number of thiophene rings is 1. The van der Waals surface area contributed by atoms with Gasteiger partial charge in [0.1, 0.15) is 48.3 Å². The fraction of sp³-hybridized carbons (Fsp3) is 0.610. The van der Waals surface area contributed by atoms with Crippen molar-refractivity contribution in [1.82, 2.24) is 46.2 Å². The lowest BCUT2D eigenvalue weighted by Gasteiger charge is -2.42. The Morgan fingerprint density at radius 3 is 1.89 bits per heavy atom. The minimum atomic E-state index is -1.66. The molecule has 4 fully saturated rings. The molecule has 12 atom stereocenters. The Hall–Kier alpha value is -8.69. The molecular weight excluding hydrogens is 1210 g/mol. The first-order chi connectivity index (χ1) is 43.9. The number of nitrogens with two attached hydrogens (primary N) is 7. The van der Waals surface area contributed by atoms with Gasteiger partial charge in [-0.3, -0.25) is 58.1 Å². The van der Waals surface area contributed by atoms with Crippen LogP contribution < -0.4 is 66.7 Å². The van der Waals surface area contributed by atoms with Gasteiger partial charge in [-0.1, -0.05) is 43.2 Å². The molecule has 0 radical (unpaired) electrons. The molecule has 0 spiro atoms. The van der Waals surface area contributed by atoms with Gasteiger partial charge in [-0.25, -0.2) is 4.79 Å². The number of aliphatic hydroxyl groups is 2. The van der Waals surface area contributed by atoms with E-state index in [0.717, 1.165) is 29.7 Å². The molecule has 1 saturated carbocycles. The van der Waals surface area contributed by atoms with E-state index in [1.807, 2.05) is 6.07 Å². The maximum Gasteiger partial charge on any atom is 0.326 e. The molecule has 3 saturated heterocycles. The second kappa shape index (κ2) is 33.6. The van der Waals surface area contributed by atoms with Crippen molar-refractivity contribution in [2.45, 2.75) is 176 Å². The summed E-state index contributed by atoms with van der Waals surface area (Å²) in [4.78, 5) is 159. The SMILES string of the molecule is NC(N)=NCCCC(NC(=O)[C@H](N)CCCN=C(N)N)C(=O)N1CCCC1C(=O)N1C[C@@H](O)CC1C(=O)NCC(=O)N[C@H](Cc1cccs1)C(=O)N[C@H](CO)C(=O)N1Cc2ccccc2CC1C(=O)N1C(C(=O)N[C@@H](CCCN=C(N)N)C(=O)O)C[C@@H]2CCCC[C@@H]21. The highest BCUT2D eigenvalue weighted by Gasteiger charge is 2.52. The molecule has 5 heterocycles. The zero-order valence-electron chi connectivity index (χ0n) is 51.4. The van der Waals surface area contributed by atoms with Crippen molar-refractivity contribution in [3.8, 4) is 0 Å². The first kappa shape index (κ1) is 70.8. The number of hydrogen-bond acceptors (Lipinski definition) is 17. The van der Waals surface area contributed by atoms with Gasteiger partial charge >= 0.3 is 5.97 Å². The quantitative estimate of drug-likeness (QED) is 0.0198. The van der Waals surface area contributed by atoms with E-state index in [1.54, 1.807) is 35.7 Å². The molecule has 7 rings (SSSR count). The van der Waals surface area contributed by atoms with Gasteiger partial charge < -0.3 is 102 Å². The Balaban J connectivity index is 1.02. The van der Waals surface area contributed by atoms with Gasteiger partial charge in [-0.15, -0.1) is 11.3 Å². The molecule has 1 aromatic carbocycles. The molecule has 0 bridgehead atoms. The number of guanidine groups is 3. The van der Waals surface area contributed by atoms with Crippen LogP contribution in [0.1, 0.15) is 106 Å². The molecule has 92 heavy (non-hydrogen) atoms. The van der Waals surface area contributed by atoms with Crippen LogP contribution in [0.15, 0.2) is 56.8 Å². The van der Waals surface area contributed by atoms with Crippen molar-refractivity contribution in [3.05, 3.63) is 57.8 Å². The van der Waals surface area contributed by atoms with E-state index in [0.29, 0.717) is 29.7 Å². The summed E-state index contributed by atoms with van der Waals surface area (Å²) in [5, 5.41) is 46.8. The number of aliphatic imine (C=N–C) groups is 3. The van der Waals surface area contributed by atoms with Crippen LogP contribution in [0.3, 0.4) is 0 Å². The number of carbonyl (C=O) groups excluding carboxylic acids is 9. The Kier molecular flexibility index (Phi) is 25.8. The third-order valence-corrected chi connectivity index (χ3v) is 18.3. The molecule has 5 unspecified atom stereocenters. The van der Waals surface area contributed by atoms with Gasteiger partial charge in [-0.05, 0) is 99.1 Å². The van der Waals surface area contributed by atoms with Crippen molar-refractivity contribution in [3.63, 3.8) is 0 Å². The number of carboxylic acid groups (broad SMARTS) is 1. The number of nitrogens with one attached hydrogen (secondary N) is 5. The molecule has 32 nitrogen and oxygen atoms in total. The number of carboxylic acids is 1. The van der Waals surface area contributed by atoms with Crippen LogP contribution in [-0.4, -0.2) is 224 Å². The minimum absolute atomic E-state index is 0.00000960. The van der Waals surface area contributed by atoms with E-state index in [2.05, 4.69) is 41.6 Å². The highest BCUT2D eigenvalue weighted by atomic mass is 32.1. The number of aliphatic carboxylic acids is 1. The predicted molar refractivity (Wildman–Crippen MR) is 338 cm³/mol. The smallest absolute Gasteiger partial charge is 0.326 e. The lowest BCUT2D eigenvalue weighted by Crippen LogP contribution is -2.63. The highest BCUT2D eigenvalue weighted by molar-refractivity contribution is 7.09. The molecule has 5 aliphatic rings. The van der Waals surface area contributed by atoms with Crippen LogP contribution in [0.2, 0.25) is 0 Å². The molecular formula is C59H89N19O13S. The molecule has 1 aromatic heterocycles. The second-order valence-electron chi connectivity index (χ2n) is 23.9. The number of carbonyl (C=O) groups is 10. The first-order valence-electron chi connectivity index (χ1n) is 31.2. The Morgan fingerprint density at radius 2 is 1.25 bits per heavy atom. The maximum atomic E-state index is 15.3. The van der Waals surface area contributed by atoms with Gasteiger partial charge in [0, 0.05) is 69.4 Å². The third-order valence-electron chi connectivity index (χ3n) is 17.4. The second-order valence-corrected chi connectivity index (χ2v) is 25.0. The molecule has 4 aliphatic heterocycles. The Morgan fingerprint density at radius 1 is 0.620 bits per heavy atom. The van der Waals surface area contributed by atoms with Crippen LogP contribution in [-0.2, 0) is 67.3 Å². The van der Waals surface area contributed by atoms with Crippen molar-refractivity contribution in [2.24, 2.45) is 61.0 Å². The highest BCUT2D eigenvalue weighted by Crippen LogP contribution is 2.41. The molecule has 33 heteroatoms. The lowest BCUT2D eigenvalue weighted by molar-refractivity contribution is -0.153. The number of aliphatic hydroxyl groups excluding tert-OH is 2. The van der Waals surface area contributed by atoms with E-state index in [4.69, 9.17) is 40.1 Å². The van der Waals surface area contributed by atoms with Crippen molar-refractivity contribution >= 4 is 88.3 Å². The van der Waals surface area contributed by atoms with E-state index >= 15 is 4.79 Å². The summed E-state index contributed by atoms with van der Waals surface area (Å²) >= 11 is 1.27. The molecule has 9 amide bonds. The van der Waals surface area contributed by atoms with E-state index in [9.17, 15) is 58.5 Å². The zero-order chi connectivity index (χ0) is 66.8. The summed E-state index contributed by atoms with van der Waals surface area (Å²) in [5.41, 5.74) is 40.3. The third kappa shape index (κ3) is 19.0. The minimum Gasteiger partial charge on any atom is -0.480 e. The predicted octanol–water partition coefficient (Wildman–Crippen LogP) is -5.02. The van der Waals surface area contributed by atoms with Gasteiger partial charge in [0.25, 0.3) is 0 Å². The van der Waals surface area contributed by atoms with Gasteiger partial charge in [0.15, 0.2) is 17.9 Å². The summed E-state index contributed by atoms with van der Waals surface area (Å²) in [6.07, 6.45) is 3.42. The first-order valence-corrected chi connectivity index (χ1v) is 32.1. The van der Waals surface area contributed by atoms with E-state index in [1.165, 1.54) is 26.0 Å². The standard InChI is InChI=1S/C59H89N19O13S/c60-37(14-5-19-67-57(61)62)48(82)72-38(15-6-20-68-58(63)64)52(86)75-22-8-18-43(75)54(88)77-30-35(80)26-44(77)50(84)70-28-47(81)71-40(27-36-13-9-23-92-36)49(83)74-41(31-79)53(87)76-29-34-12-2-1-10-32(34)24-46(76)55(89)78-42-17-4-3-11-33(42)25-45(78)51(85)73-39(56(90)91)16-7-21-69-59(65)66/h1-2,9-10,12-13,23,33,35,37-46,79-80H,3-8,11,14-22,24-31,60H2,(H,70,84)(H,71,81)(H,72,82)(H,73,85)(H,74,83)(H,90,91)(H4,61,62,67)(H4,63,64,68)(H4,65,66,69)/t33-,35-,37+,38?,39-,40+,41+,42-,43?,44?,45?,46?/m0/s1. The summed E-state index contributed by atoms with van der Waals surface area (Å²) < 4.78 is 0. The molecule has 1 aliphatic carbocycles. The largest absolute Gasteiger partial charge is 0.480 e. The van der Waals surface area contributed by atoms with Crippen LogP contribution in [0.4, 0.5) is 0 Å². The van der Waals surface area contributed by atoms with Gasteiger partial charge in [0.05, 0.1) is 25.3 Å². The van der Waals surface area contributed by atoms with E-state index in [-0.39, 0.29) is 127 Å². The van der Waals surface area contributed by atoms with Crippen LogP contribution in [0.5, 0.6) is 0 Å². The summed E-state index contributed by atoms with van der Waals surface area (Å²) in [5.74, 6) is -8.33. The molecule has 22 N–H and O–H groups in total. The summed E-state index contributed by atoms with van der Waals surface area (Å²) in [7, 11) is 0. The average Bonchev–Trinajstić information content (AvgIpc) is 1.80. The number of fused-ring (bicyclic) bond motifs is 2. The van der Waals surface area contributed by atoms with Crippen molar-refractivity contribution < 1.29 is 63.3 Å². The van der Waals surface area contributed by atoms with Gasteiger partial charge in [-0.2, -0.15) is 0 Å². The van der Waals surface area contributed by atoms with Crippen LogP contribution in [0, 0.1) is 5.92 Å². The fourth-order valence-corrected chi connectivity index (χ4v) is 13.6. The van der Waals surface area contributed by atoms with Crippen molar-refractivity contribution in [2.75, 3.05) is 45.9 Å². The molecule has 504 valence electrons. The number of likely N-dealkylation sites (tertiary alicyclic amines) is 3. The summed E-state index contributed by atoms with van der Waals surface area (Å²) in [6, 6.07) is -1.07. The van der Waals surface area contributed by atoms with Crippen LogP contribution in [0.25, 0.3) is 0 Å². The number of nitrogens with zero attached hydrogens (tertiary/aromatic N) is 7. The summed E-state index contributed by atoms with van der Waals surface area (Å²) in [6.45, 7) is -1.46. The maximum absolute atomic E-state index is 15.3. The fourth-order valence-electron chi connectivity index (χ4n) is 12.9. The number of amides is 9. The average molecular weight is 1300 g/mol. The monoisotopic (exact) mass is 1300 g/mol. The van der Waals surface area contributed by atoms with Crippen molar-refractivity contribution in [1.29, 1.82) is 0 Å².